The number of pyridine rings is 1. The molecule has 0 saturated heterocycles. The van der Waals surface area contributed by atoms with E-state index in [1.54, 1.807) is 24.3 Å². The highest BCUT2D eigenvalue weighted by atomic mass is 19.1. The topological polar surface area (TPSA) is 39.2 Å². The van der Waals surface area contributed by atoms with Gasteiger partial charge in [-0.05, 0) is 36.8 Å². The second kappa shape index (κ2) is 6.10. The minimum atomic E-state index is -0.545. The molecule has 0 atom stereocenters. The Kier molecular flexibility index (Phi) is 4.25. The zero-order chi connectivity index (χ0) is 14.5. The first-order valence-electron chi connectivity index (χ1n) is 6.13. The van der Waals surface area contributed by atoms with Crippen molar-refractivity contribution < 1.29 is 13.9 Å². The Hall–Kier alpha value is -2.49. The number of hydrogen-bond acceptors (Lipinski definition) is 3. The number of esters is 1. The van der Waals surface area contributed by atoms with Crippen LogP contribution in [0.25, 0.3) is 17.3 Å². The first kappa shape index (κ1) is 13.9. The van der Waals surface area contributed by atoms with E-state index in [4.69, 9.17) is 0 Å². The van der Waals surface area contributed by atoms with Crippen molar-refractivity contribution in [2.75, 3.05) is 7.11 Å². The summed E-state index contributed by atoms with van der Waals surface area (Å²) < 4.78 is 18.5. The molecule has 0 aliphatic rings. The molecule has 4 heteroatoms. The van der Waals surface area contributed by atoms with Crippen LogP contribution < -0.4 is 0 Å². The average Bonchev–Trinajstić information content (AvgIpc) is 2.49. The molecule has 0 saturated carbocycles. The molecule has 0 unspecified atom stereocenters. The molecule has 20 heavy (non-hydrogen) atoms. The normalized spacial score (nSPS) is 10.8. The van der Waals surface area contributed by atoms with Crippen LogP contribution in [0.1, 0.15) is 23.0 Å². The summed E-state index contributed by atoms with van der Waals surface area (Å²) in [5, 5.41) is 0. The maximum absolute atomic E-state index is 13.9. The molecule has 1 heterocycles. The molecule has 0 fully saturated rings. The zero-order valence-corrected chi connectivity index (χ0v) is 11.3. The van der Waals surface area contributed by atoms with Gasteiger partial charge in [-0.15, -0.1) is 0 Å². The molecule has 0 bridgehead atoms. The number of rotatable bonds is 3. The first-order chi connectivity index (χ1) is 9.65. The fraction of sp³-hybridized carbons (Fsp3) is 0.125. The number of hydrogen-bond donors (Lipinski definition) is 0. The smallest absolute Gasteiger partial charge is 0.356 e. The number of carbonyl (C=O) groups is 1. The number of nitrogens with zero attached hydrogens (tertiary/aromatic N) is 1. The Morgan fingerprint density at radius 2 is 2.10 bits per heavy atom. The molecule has 0 spiro atoms. The van der Waals surface area contributed by atoms with Gasteiger partial charge in [0.05, 0.1) is 12.8 Å². The Balaban J connectivity index is 2.50. The summed E-state index contributed by atoms with van der Waals surface area (Å²) in [6.45, 7) is 1.89. The zero-order valence-electron chi connectivity index (χ0n) is 11.3. The molecule has 0 radical (unpaired) electrons. The number of ether oxygens (including phenoxy) is 1. The lowest BCUT2D eigenvalue weighted by Gasteiger charge is -2.06. The number of aromatic nitrogens is 1. The highest BCUT2D eigenvalue weighted by molar-refractivity contribution is 5.87. The number of carbonyl (C=O) groups excluding carboxylic acids is 1. The summed E-state index contributed by atoms with van der Waals surface area (Å²) in [5.74, 6) is -0.926. The van der Waals surface area contributed by atoms with Gasteiger partial charge < -0.3 is 4.74 Å². The van der Waals surface area contributed by atoms with Crippen LogP contribution in [0, 0.1) is 5.82 Å². The van der Waals surface area contributed by atoms with Crippen molar-refractivity contribution in [3.8, 4) is 11.3 Å². The minimum absolute atomic E-state index is 0.154. The number of allylic oxidation sites excluding steroid dienone is 1. The van der Waals surface area contributed by atoms with E-state index in [1.807, 2.05) is 19.1 Å². The molecule has 0 amide bonds. The van der Waals surface area contributed by atoms with Gasteiger partial charge in [-0.1, -0.05) is 24.3 Å². The molecule has 1 aromatic carbocycles. The molecule has 0 aliphatic heterocycles. The highest BCUT2D eigenvalue weighted by Gasteiger charge is 2.11. The van der Waals surface area contributed by atoms with Gasteiger partial charge in [0.15, 0.2) is 0 Å². The van der Waals surface area contributed by atoms with E-state index < -0.39 is 5.97 Å². The van der Waals surface area contributed by atoms with E-state index in [-0.39, 0.29) is 11.5 Å². The lowest BCUT2D eigenvalue weighted by Crippen LogP contribution is -2.04. The fourth-order valence-corrected chi connectivity index (χ4v) is 1.84. The van der Waals surface area contributed by atoms with Gasteiger partial charge in [0.25, 0.3) is 0 Å². The van der Waals surface area contributed by atoms with Crippen molar-refractivity contribution in [2.45, 2.75) is 6.92 Å². The SMILES string of the molecule is CC=Cc1ccc(F)c(-c2cccc(C(=O)OC)n2)c1. The summed E-state index contributed by atoms with van der Waals surface area (Å²) in [5.41, 5.74) is 1.78. The summed E-state index contributed by atoms with van der Waals surface area (Å²) in [6, 6.07) is 9.60. The minimum Gasteiger partial charge on any atom is -0.464 e. The first-order valence-corrected chi connectivity index (χ1v) is 6.13. The van der Waals surface area contributed by atoms with Gasteiger partial charge in [-0.25, -0.2) is 14.2 Å². The number of methoxy groups -OCH3 is 1. The van der Waals surface area contributed by atoms with Crippen molar-refractivity contribution in [3.05, 3.63) is 59.5 Å². The molecule has 2 aromatic rings. The van der Waals surface area contributed by atoms with Crippen LogP contribution in [0.2, 0.25) is 0 Å². The van der Waals surface area contributed by atoms with Crippen molar-refractivity contribution >= 4 is 12.0 Å². The predicted octanol–water partition coefficient (Wildman–Crippen LogP) is 3.71. The third kappa shape index (κ3) is 2.91. The second-order valence-corrected chi connectivity index (χ2v) is 4.14. The third-order valence-corrected chi connectivity index (χ3v) is 2.77. The van der Waals surface area contributed by atoms with Crippen LogP contribution in [-0.4, -0.2) is 18.1 Å². The standard InChI is InChI=1S/C16H14FNO2/c1-3-5-11-8-9-13(17)12(10-11)14-6-4-7-15(18-14)16(19)20-2/h3-10H,1-2H3. The molecule has 1 aromatic heterocycles. The highest BCUT2D eigenvalue weighted by Crippen LogP contribution is 2.23. The molecular formula is C16H14FNO2. The van der Waals surface area contributed by atoms with Gasteiger partial charge in [0.1, 0.15) is 11.5 Å². The number of benzene rings is 1. The molecular weight excluding hydrogens is 257 g/mol. The Labute approximate surface area is 116 Å². The van der Waals surface area contributed by atoms with E-state index in [0.717, 1.165) is 5.56 Å². The van der Waals surface area contributed by atoms with Gasteiger partial charge in [-0.2, -0.15) is 0 Å². The third-order valence-electron chi connectivity index (χ3n) is 2.77. The molecule has 2 rings (SSSR count). The van der Waals surface area contributed by atoms with Crippen molar-refractivity contribution in [1.82, 2.24) is 4.98 Å². The fourth-order valence-electron chi connectivity index (χ4n) is 1.84. The maximum Gasteiger partial charge on any atom is 0.356 e. The van der Waals surface area contributed by atoms with Crippen LogP contribution in [0.15, 0.2) is 42.5 Å². The van der Waals surface area contributed by atoms with Crippen LogP contribution in [0.3, 0.4) is 0 Å². The van der Waals surface area contributed by atoms with Gasteiger partial charge in [0, 0.05) is 5.56 Å². The van der Waals surface area contributed by atoms with Crippen LogP contribution in [0.5, 0.6) is 0 Å². The Morgan fingerprint density at radius 1 is 1.30 bits per heavy atom. The van der Waals surface area contributed by atoms with E-state index in [2.05, 4.69) is 9.72 Å². The van der Waals surface area contributed by atoms with E-state index >= 15 is 0 Å². The molecule has 0 aliphatic carbocycles. The lowest BCUT2D eigenvalue weighted by atomic mass is 10.1. The predicted molar refractivity (Wildman–Crippen MR) is 75.7 cm³/mol. The van der Waals surface area contributed by atoms with Gasteiger partial charge in [-0.3, -0.25) is 0 Å². The van der Waals surface area contributed by atoms with Gasteiger partial charge in [0.2, 0.25) is 0 Å². The quantitative estimate of drug-likeness (QED) is 0.799. The average molecular weight is 271 g/mol. The maximum atomic E-state index is 13.9. The summed E-state index contributed by atoms with van der Waals surface area (Å²) in [4.78, 5) is 15.6. The van der Waals surface area contributed by atoms with Crippen LogP contribution >= 0.6 is 0 Å². The van der Waals surface area contributed by atoms with Crippen molar-refractivity contribution in [2.24, 2.45) is 0 Å². The Morgan fingerprint density at radius 3 is 2.80 bits per heavy atom. The molecule has 0 N–H and O–H groups in total. The second-order valence-electron chi connectivity index (χ2n) is 4.14. The summed E-state index contributed by atoms with van der Waals surface area (Å²) in [6.07, 6.45) is 3.74. The molecule has 102 valence electrons. The van der Waals surface area contributed by atoms with Crippen molar-refractivity contribution in [3.63, 3.8) is 0 Å². The monoisotopic (exact) mass is 271 g/mol. The number of halogens is 1. The van der Waals surface area contributed by atoms with E-state index in [1.165, 1.54) is 19.2 Å². The Bertz CT molecular complexity index is 665. The van der Waals surface area contributed by atoms with Crippen LogP contribution in [0.4, 0.5) is 4.39 Å². The van der Waals surface area contributed by atoms with Gasteiger partial charge >= 0.3 is 5.97 Å². The lowest BCUT2D eigenvalue weighted by molar-refractivity contribution is 0.0594. The summed E-state index contributed by atoms with van der Waals surface area (Å²) >= 11 is 0. The van der Waals surface area contributed by atoms with E-state index in [9.17, 15) is 9.18 Å². The largest absolute Gasteiger partial charge is 0.464 e. The van der Waals surface area contributed by atoms with Crippen molar-refractivity contribution in [1.29, 1.82) is 0 Å². The summed E-state index contributed by atoms with van der Waals surface area (Å²) in [7, 11) is 1.28. The molecule has 3 nitrogen and oxygen atoms in total. The van der Waals surface area contributed by atoms with E-state index in [0.29, 0.717) is 11.3 Å². The van der Waals surface area contributed by atoms with Crippen LogP contribution in [-0.2, 0) is 4.74 Å².